The van der Waals surface area contributed by atoms with Crippen molar-refractivity contribution in [2.45, 2.75) is 26.3 Å². The lowest BCUT2D eigenvalue weighted by Crippen LogP contribution is -2.37. The minimum atomic E-state index is -0.563. The first-order valence-electron chi connectivity index (χ1n) is 4.85. The number of amidine groups is 1. The summed E-state index contributed by atoms with van der Waals surface area (Å²) in [7, 11) is 0. The zero-order valence-electron chi connectivity index (χ0n) is 9.06. The highest BCUT2D eigenvalue weighted by Crippen LogP contribution is 2.19. The molecule has 0 aromatic carbocycles. The lowest BCUT2D eigenvalue weighted by molar-refractivity contribution is -0.513. The molecule has 0 N–H and O–H groups in total. The van der Waals surface area contributed by atoms with Crippen LogP contribution in [-0.4, -0.2) is 26.8 Å². The summed E-state index contributed by atoms with van der Waals surface area (Å²) in [6.45, 7) is 5.57. The predicted molar refractivity (Wildman–Crippen MR) is 59.2 cm³/mol. The van der Waals surface area contributed by atoms with Gasteiger partial charge in [-0.1, -0.05) is 6.07 Å². The second kappa shape index (κ2) is 3.15. The van der Waals surface area contributed by atoms with Crippen molar-refractivity contribution >= 4 is 11.5 Å². The Hall–Kier alpha value is -1.71. The minimum Gasteiger partial charge on any atom is -0.714 e. The van der Waals surface area contributed by atoms with Crippen LogP contribution in [0.1, 0.15) is 26.5 Å². The van der Waals surface area contributed by atoms with Crippen LogP contribution in [0.5, 0.6) is 0 Å². The molecule has 0 saturated heterocycles. The Bertz CT molecular complexity index is 446. The van der Waals surface area contributed by atoms with E-state index in [1.165, 1.54) is 0 Å². The van der Waals surface area contributed by atoms with Crippen LogP contribution < -0.4 is 0 Å². The molecule has 4 nitrogen and oxygen atoms in total. The smallest absolute Gasteiger partial charge is 0.348 e. The zero-order valence-corrected chi connectivity index (χ0v) is 9.06. The lowest BCUT2D eigenvalue weighted by Gasteiger charge is -2.22. The second-order valence-electron chi connectivity index (χ2n) is 4.09. The van der Waals surface area contributed by atoms with Crippen molar-refractivity contribution in [3.63, 3.8) is 0 Å². The number of nitrogens with zero attached hydrogens (tertiary/aromatic N) is 3. The van der Waals surface area contributed by atoms with Gasteiger partial charge in [-0.2, -0.15) is 0 Å². The summed E-state index contributed by atoms with van der Waals surface area (Å²) >= 11 is 0. The Labute approximate surface area is 88.6 Å². The van der Waals surface area contributed by atoms with Crippen LogP contribution in [-0.2, 0) is 0 Å². The quantitative estimate of drug-likeness (QED) is 0.514. The Morgan fingerprint density at radius 2 is 2.07 bits per heavy atom. The molecule has 0 bridgehead atoms. The molecule has 0 spiro atoms. The van der Waals surface area contributed by atoms with Gasteiger partial charge in [0.15, 0.2) is 16.9 Å². The largest absolute Gasteiger partial charge is 0.714 e. The van der Waals surface area contributed by atoms with Crippen molar-refractivity contribution in [2.75, 3.05) is 0 Å². The number of aromatic nitrogens is 1. The molecule has 4 heteroatoms. The number of rotatable bonds is 1. The van der Waals surface area contributed by atoms with Crippen molar-refractivity contribution in [3.8, 4) is 0 Å². The first-order valence-corrected chi connectivity index (χ1v) is 4.85. The standard InChI is InChI=1S/C11H13N3O/c1-8-11(2,3)14(15)10(13-8)9-6-4-5-7-12-9/h4-7H,1-3H3. The molecular weight excluding hydrogens is 190 g/mol. The molecule has 1 aromatic rings. The second-order valence-corrected chi connectivity index (χ2v) is 4.09. The van der Waals surface area contributed by atoms with Crippen LogP contribution in [0.15, 0.2) is 29.4 Å². The van der Waals surface area contributed by atoms with Crippen LogP contribution in [0.3, 0.4) is 0 Å². The number of hydrogen-bond acceptors (Lipinski definition) is 3. The van der Waals surface area contributed by atoms with E-state index in [9.17, 15) is 5.21 Å². The van der Waals surface area contributed by atoms with Gasteiger partial charge < -0.3 is 5.21 Å². The van der Waals surface area contributed by atoms with Crippen molar-refractivity contribution in [3.05, 3.63) is 35.3 Å². The first-order chi connectivity index (χ1) is 7.03. The highest BCUT2D eigenvalue weighted by molar-refractivity contribution is 6.08. The first kappa shape index (κ1) is 9.83. The van der Waals surface area contributed by atoms with E-state index in [4.69, 9.17) is 0 Å². The van der Waals surface area contributed by atoms with Crippen molar-refractivity contribution in [1.29, 1.82) is 0 Å². The van der Waals surface area contributed by atoms with E-state index >= 15 is 0 Å². The van der Waals surface area contributed by atoms with E-state index in [0.717, 1.165) is 10.5 Å². The maximum absolute atomic E-state index is 12.0. The Balaban J connectivity index is 2.53. The van der Waals surface area contributed by atoms with Gasteiger partial charge in [0.05, 0.1) is 0 Å². The average molecular weight is 203 g/mol. The van der Waals surface area contributed by atoms with Gasteiger partial charge >= 0.3 is 5.84 Å². The fourth-order valence-electron chi connectivity index (χ4n) is 1.41. The summed E-state index contributed by atoms with van der Waals surface area (Å²) in [5, 5.41) is 12.0. The molecule has 0 saturated carbocycles. The summed E-state index contributed by atoms with van der Waals surface area (Å²) in [6, 6.07) is 5.45. The molecule has 0 unspecified atom stereocenters. The van der Waals surface area contributed by atoms with Crippen molar-refractivity contribution in [2.24, 2.45) is 4.99 Å². The molecule has 1 aliphatic heterocycles. The van der Waals surface area contributed by atoms with E-state index in [2.05, 4.69) is 9.98 Å². The van der Waals surface area contributed by atoms with Gasteiger partial charge in [0, 0.05) is 13.1 Å². The van der Waals surface area contributed by atoms with Gasteiger partial charge in [0.1, 0.15) is 0 Å². The molecular formula is C11H13N3O. The Morgan fingerprint density at radius 3 is 2.53 bits per heavy atom. The summed E-state index contributed by atoms with van der Waals surface area (Å²) in [5.41, 5.74) is 0.878. The fourth-order valence-corrected chi connectivity index (χ4v) is 1.41. The van der Waals surface area contributed by atoms with Gasteiger partial charge in [0.25, 0.3) is 0 Å². The number of hydroxylamine groups is 1. The summed E-state index contributed by atoms with van der Waals surface area (Å²) in [4.78, 5) is 8.40. The van der Waals surface area contributed by atoms with E-state index in [1.54, 1.807) is 12.3 Å². The van der Waals surface area contributed by atoms with Crippen molar-refractivity contribution in [1.82, 2.24) is 4.98 Å². The van der Waals surface area contributed by atoms with Crippen LogP contribution in [0.2, 0.25) is 0 Å². The van der Waals surface area contributed by atoms with E-state index in [-0.39, 0.29) is 0 Å². The maximum atomic E-state index is 12.0. The van der Waals surface area contributed by atoms with E-state index in [0.29, 0.717) is 11.5 Å². The molecule has 0 atom stereocenters. The highest BCUT2D eigenvalue weighted by atomic mass is 16.5. The molecule has 78 valence electrons. The number of pyridine rings is 1. The third kappa shape index (κ3) is 1.42. The molecule has 15 heavy (non-hydrogen) atoms. The molecule has 2 heterocycles. The van der Waals surface area contributed by atoms with Gasteiger partial charge in [-0.15, -0.1) is 0 Å². The fraction of sp³-hybridized carbons (Fsp3) is 0.364. The van der Waals surface area contributed by atoms with Gasteiger partial charge in [-0.3, -0.25) is 0 Å². The molecule has 0 amide bonds. The van der Waals surface area contributed by atoms with Crippen LogP contribution in [0, 0.1) is 5.21 Å². The third-order valence-corrected chi connectivity index (χ3v) is 2.75. The third-order valence-electron chi connectivity index (χ3n) is 2.75. The maximum Gasteiger partial charge on any atom is 0.348 e. The number of hydrogen-bond donors (Lipinski definition) is 0. The minimum absolute atomic E-state index is 0.401. The summed E-state index contributed by atoms with van der Waals surface area (Å²) in [5.74, 6) is 0.401. The average Bonchev–Trinajstić information content (AvgIpc) is 2.44. The molecule has 1 aromatic heterocycles. The molecule has 0 radical (unpaired) electrons. The topological polar surface area (TPSA) is 51.3 Å². The zero-order chi connectivity index (χ0) is 11.1. The SMILES string of the molecule is CC1=NC(c2ccccn2)=[N+]([O-])C1(C)C. The van der Waals surface area contributed by atoms with Crippen LogP contribution in [0.25, 0.3) is 0 Å². The van der Waals surface area contributed by atoms with Gasteiger partial charge in [-0.05, 0) is 31.0 Å². The normalized spacial score (nSPS) is 19.3. The van der Waals surface area contributed by atoms with Gasteiger partial charge in [-0.25, -0.2) is 9.72 Å². The van der Waals surface area contributed by atoms with Gasteiger partial charge in [0.2, 0.25) is 0 Å². The molecule has 0 aliphatic carbocycles. The van der Waals surface area contributed by atoms with Crippen LogP contribution in [0.4, 0.5) is 0 Å². The highest BCUT2D eigenvalue weighted by Gasteiger charge is 2.39. The van der Waals surface area contributed by atoms with E-state index in [1.807, 2.05) is 32.9 Å². The predicted octanol–water partition coefficient (Wildman–Crippen LogP) is 1.59. The summed E-state index contributed by atoms with van der Waals surface area (Å²) < 4.78 is 0.921. The van der Waals surface area contributed by atoms with Crippen LogP contribution >= 0.6 is 0 Å². The monoisotopic (exact) mass is 203 g/mol. The molecule has 1 aliphatic rings. The Morgan fingerprint density at radius 1 is 1.33 bits per heavy atom. The lowest BCUT2D eigenvalue weighted by atomic mass is 10.0. The Kier molecular flexibility index (Phi) is 2.07. The summed E-state index contributed by atoms with van der Waals surface area (Å²) in [6.07, 6.45) is 1.66. The van der Waals surface area contributed by atoms with E-state index < -0.39 is 5.54 Å². The number of aliphatic imine (C=N–C) groups is 1. The van der Waals surface area contributed by atoms with Crippen molar-refractivity contribution < 1.29 is 4.74 Å². The molecule has 2 rings (SSSR count). The molecule has 0 fully saturated rings.